The standard InChI is InChI=1S/C13H14OS.C2H6/c1-4-5-6-7-10(2)13(14)12-9-8-11(3)15-12;1-2/h4-9H,2H2,1,3H3;1-2H3/b5-4-,7-6-;. The van der Waals surface area contributed by atoms with Gasteiger partial charge < -0.3 is 0 Å². The second kappa shape index (κ2) is 8.71. The minimum Gasteiger partial charge on any atom is -0.288 e. The molecule has 0 aliphatic heterocycles. The molecule has 0 unspecified atom stereocenters. The van der Waals surface area contributed by atoms with Crippen molar-refractivity contribution in [2.75, 3.05) is 0 Å². The van der Waals surface area contributed by atoms with Crippen LogP contribution in [-0.2, 0) is 0 Å². The van der Waals surface area contributed by atoms with Crippen molar-refractivity contribution >= 4 is 17.1 Å². The van der Waals surface area contributed by atoms with Gasteiger partial charge in [0.1, 0.15) is 0 Å². The Hall–Kier alpha value is -1.41. The number of allylic oxidation sites excluding steroid dienone is 5. The quantitative estimate of drug-likeness (QED) is 0.418. The topological polar surface area (TPSA) is 17.1 Å². The van der Waals surface area contributed by atoms with Gasteiger partial charge in [-0.2, -0.15) is 0 Å². The van der Waals surface area contributed by atoms with Crippen molar-refractivity contribution in [3.8, 4) is 0 Å². The summed E-state index contributed by atoms with van der Waals surface area (Å²) in [5.74, 6) is 0.00820. The van der Waals surface area contributed by atoms with Gasteiger partial charge in [-0.05, 0) is 26.0 Å². The monoisotopic (exact) mass is 248 g/mol. The van der Waals surface area contributed by atoms with Gasteiger partial charge in [-0.1, -0.05) is 44.7 Å². The van der Waals surface area contributed by atoms with Gasteiger partial charge in [0.25, 0.3) is 0 Å². The lowest BCUT2D eigenvalue weighted by Crippen LogP contribution is -1.96. The van der Waals surface area contributed by atoms with Crippen molar-refractivity contribution in [3.63, 3.8) is 0 Å². The largest absolute Gasteiger partial charge is 0.288 e. The van der Waals surface area contributed by atoms with Gasteiger partial charge in [-0.15, -0.1) is 11.3 Å². The summed E-state index contributed by atoms with van der Waals surface area (Å²) in [7, 11) is 0. The van der Waals surface area contributed by atoms with Crippen molar-refractivity contribution in [1.82, 2.24) is 0 Å². The normalized spacial score (nSPS) is 10.4. The molecule has 0 aromatic carbocycles. The van der Waals surface area contributed by atoms with E-state index in [9.17, 15) is 4.79 Å². The van der Waals surface area contributed by atoms with Crippen LogP contribution in [0.15, 0.2) is 48.6 Å². The molecule has 0 radical (unpaired) electrons. The highest BCUT2D eigenvalue weighted by molar-refractivity contribution is 7.14. The second-order valence-electron chi connectivity index (χ2n) is 3.15. The molecule has 0 aliphatic rings. The first kappa shape index (κ1) is 15.6. The first-order chi connectivity index (χ1) is 8.15. The summed E-state index contributed by atoms with van der Waals surface area (Å²) in [5.41, 5.74) is 0.523. The number of Topliss-reactive ketones (excluding diaryl/α,β-unsaturated/α-hetero) is 1. The van der Waals surface area contributed by atoms with E-state index in [1.54, 1.807) is 6.08 Å². The number of ketones is 1. The molecule has 0 fully saturated rings. The third kappa shape index (κ3) is 5.45. The lowest BCUT2D eigenvalue weighted by Gasteiger charge is -1.94. The van der Waals surface area contributed by atoms with Crippen LogP contribution in [0.4, 0.5) is 0 Å². The summed E-state index contributed by atoms with van der Waals surface area (Å²) in [6, 6.07) is 3.79. The molecule has 2 heteroatoms. The predicted molar refractivity (Wildman–Crippen MR) is 77.8 cm³/mol. The Bertz CT molecular complexity index is 422. The highest BCUT2D eigenvalue weighted by Gasteiger charge is 2.09. The van der Waals surface area contributed by atoms with Gasteiger partial charge in [0, 0.05) is 10.5 Å². The number of hydrogen-bond donors (Lipinski definition) is 0. The van der Waals surface area contributed by atoms with E-state index in [1.807, 2.05) is 58.1 Å². The zero-order valence-electron chi connectivity index (χ0n) is 11.0. The summed E-state index contributed by atoms with van der Waals surface area (Å²) in [5, 5.41) is 0. The van der Waals surface area contributed by atoms with Crippen LogP contribution in [0.2, 0.25) is 0 Å². The van der Waals surface area contributed by atoms with Crippen molar-refractivity contribution < 1.29 is 4.79 Å². The number of aryl methyl sites for hydroxylation is 1. The lowest BCUT2D eigenvalue weighted by molar-refractivity contribution is 0.104. The van der Waals surface area contributed by atoms with E-state index in [4.69, 9.17) is 0 Å². The van der Waals surface area contributed by atoms with E-state index in [0.29, 0.717) is 5.57 Å². The molecule has 0 spiro atoms. The van der Waals surface area contributed by atoms with E-state index in [0.717, 1.165) is 9.75 Å². The van der Waals surface area contributed by atoms with Crippen LogP contribution in [0, 0.1) is 6.92 Å². The highest BCUT2D eigenvalue weighted by Crippen LogP contribution is 2.18. The van der Waals surface area contributed by atoms with Gasteiger partial charge in [0.2, 0.25) is 5.78 Å². The van der Waals surface area contributed by atoms with Crippen LogP contribution >= 0.6 is 11.3 Å². The van der Waals surface area contributed by atoms with Crippen molar-refractivity contribution in [3.05, 3.63) is 58.3 Å². The molecule has 0 N–H and O–H groups in total. The summed E-state index contributed by atoms with van der Waals surface area (Å²) in [6.07, 6.45) is 7.33. The fourth-order valence-electron chi connectivity index (χ4n) is 1.07. The third-order valence-electron chi connectivity index (χ3n) is 1.86. The van der Waals surface area contributed by atoms with E-state index in [-0.39, 0.29) is 5.78 Å². The summed E-state index contributed by atoms with van der Waals surface area (Å²) in [6.45, 7) is 11.7. The van der Waals surface area contributed by atoms with E-state index in [2.05, 4.69) is 6.58 Å². The van der Waals surface area contributed by atoms with Gasteiger partial charge >= 0.3 is 0 Å². The Morgan fingerprint density at radius 1 is 1.29 bits per heavy atom. The second-order valence-corrected chi connectivity index (χ2v) is 4.44. The van der Waals surface area contributed by atoms with E-state index >= 15 is 0 Å². The third-order valence-corrected chi connectivity index (χ3v) is 2.86. The fourth-order valence-corrected chi connectivity index (χ4v) is 1.92. The SMILES string of the molecule is C=C(/C=C\C=C/C)C(=O)c1ccc(C)s1.CC. The zero-order valence-corrected chi connectivity index (χ0v) is 11.8. The molecule has 1 heterocycles. The Kier molecular flexibility index (Phi) is 7.99. The van der Waals surface area contributed by atoms with Crippen LogP contribution in [0.5, 0.6) is 0 Å². The summed E-state index contributed by atoms with van der Waals surface area (Å²) >= 11 is 1.50. The molecular formula is C15H20OS. The Morgan fingerprint density at radius 2 is 1.94 bits per heavy atom. The molecule has 0 atom stereocenters. The molecule has 0 saturated carbocycles. The zero-order chi connectivity index (χ0) is 13.3. The maximum Gasteiger partial charge on any atom is 0.202 e. The van der Waals surface area contributed by atoms with Crippen molar-refractivity contribution in [2.45, 2.75) is 27.7 Å². The van der Waals surface area contributed by atoms with E-state index < -0.39 is 0 Å². The minimum absolute atomic E-state index is 0.00820. The predicted octanol–water partition coefficient (Wildman–Crippen LogP) is 4.95. The minimum atomic E-state index is 0.00820. The average molecular weight is 248 g/mol. The molecule has 1 aromatic heterocycles. The fraction of sp³-hybridized carbons (Fsp3) is 0.267. The number of thiophene rings is 1. The molecule has 1 aromatic rings. The smallest absolute Gasteiger partial charge is 0.202 e. The van der Waals surface area contributed by atoms with Crippen LogP contribution in [0.25, 0.3) is 0 Å². The van der Waals surface area contributed by atoms with Crippen LogP contribution in [-0.4, -0.2) is 5.78 Å². The first-order valence-electron chi connectivity index (χ1n) is 5.74. The maximum absolute atomic E-state index is 11.8. The molecule has 0 bridgehead atoms. The van der Waals surface area contributed by atoms with Gasteiger partial charge in [-0.25, -0.2) is 0 Å². The summed E-state index contributed by atoms with van der Waals surface area (Å²) in [4.78, 5) is 13.7. The van der Waals surface area contributed by atoms with Crippen LogP contribution < -0.4 is 0 Å². The van der Waals surface area contributed by atoms with Gasteiger partial charge in [0.05, 0.1) is 4.88 Å². The molecule has 0 amide bonds. The highest BCUT2D eigenvalue weighted by atomic mass is 32.1. The molecule has 0 aliphatic carbocycles. The number of carbonyl (C=O) groups excluding carboxylic acids is 1. The molecular weight excluding hydrogens is 228 g/mol. The average Bonchev–Trinajstić information content (AvgIpc) is 2.77. The Labute approximate surface area is 108 Å². The maximum atomic E-state index is 11.8. The van der Waals surface area contributed by atoms with Crippen LogP contribution in [0.1, 0.15) is 35.3 Å². The Morgan fingerprint density at radius 3 is 2.41 bits per heavy atom. The Balaban J connectivity index is 0.00000121. The van der Waals surface area contributed by atoms with Crippen LogP contribution in [0.3, 0.4) is 0 Å². The first-order valence-corrected chi connectivity index (χ1v) is 6.56. The van der Waals surface area contributed by atoms with E-state index in [1.165, 1.54) is 11.3 Å². The lowest BCUT2D eigenvalue weighted by atomic mass is 10.1. The molecule has 1 rings (SSSR count). The van der Waals surface area contributed by atoms with Gasteiger partial charge in [-0.3, -0.25) is 4.79 Å². The number of carbonyl (C=O) groups is 1. The van der Waals surface area contributed by atoms with Crippen molar-refractivity contribution in [2.24, 2.45) is 0 Å². The summed E-state index contributed by atoms with van der Waals surface area (Å²) < 4.78 is 0. The molecule has 17 heavy (non-hydrogen) atoms. The molecule has 0 saturated heterocycles. The van der Waals surface area contributed by atoms with Gasteiger partial charge in [0.15, 0.2) is 0 Å². The number of rotatable bonds is 4. The molecule has 1 nitrogen and oxygen atoms in total. The number of hydrogen-bond acceptors (Lipinski definition) is 2. The van der Waals surface area contributed by atoms with Crippen molar-refractivity contribution in [1.29, 1.82) is 0 Å². The molecule has 92 valence electrons.